The largest absolute Gasteiger partial charge is 0.481 e. The molecule has 0 rings (SSSR count). The van der Waals surface area contributed by atoms with E-state index in [0.29, 0.717) is 0 Å². The lowest BCUT2D eigenvalue weighted by molar-refractivity contribution is -0.141. The predicted molar refractivity (Wildman–Crippen MR) is 37.0 cm³/mol. The molecule has 0 saturated carbocycles. The fourth-order valence-corrected chi connectivity index (χ4v) is 0.613. The standard InChI is InChI=1S/C6H8N2O4/c7-2-3(1-4(9)10)5(8)6(11)12/h3,5H,1,8H2,(H,9,10)(H,11,12)/t3?,5-/m0/s1. The summed E-state index contributed by atoms with van der Waals surface area (Å²) in [5.74, 6) is -3.79. The molecule has 0 aliphatic carbocycles. The normalized spacial score (nSPS) is 14.3. The molecule has 0 saturated heterocycles. The molecule has 0 spiro atoms. The molecule has 0 bridgehead atoms. The van der Waals surface area contributed by atoms with Crippen LogP contribution < -0.4 is 5.73 Å². The molecule has 12 heavy (non-hydrogen) atoms. The van der Waals surface area contributed by atoms with Crippen molar-refractivity contribution < 1.29 is 19.8 Å². The van der Waals surface area contributed by atoms with Gasteiger partial charge in [0, 0.05) is 0 Å². The Kier molecular flexibility index (Phi) is 3.73. The van der Waals surface area contributed by atoms with Gasteiger partial charge in [-0.25, -0.2) is 0 Å². The molecule has 0 aromatic heterocycles. The second kappa shape index (κ2) is 4.31. The highest BCUT2D eigenvalue weighted by Gasteiger charge is 2.26. The number of hydrogen-bond acceptors (Lipinski definition) is 4. The van der Waals surface area contributed by atoms with E-state index in [1.807, 2.05) is 0 Å². The van der Waals surface area contributed by atoms with E-state index in [-0.39, 0.29) is 0 Å². The zero-order valence-corrected chi connectivity index (χ0v) is 6.10. The van der Waals surface area contributed by atoms with Crippen LogP contribution in [0.1, 0.15) is 6.42 Å². The first-order chi connectivity index (χ1) is 5.49. The lowest BCUT2D eigenvalue weighted by Gasteiger charge is -2.09. The zero-order valence-electron chi connectivity index (χ0n) is 6.10. The lowest BCUT2D eigenvalue weighted by atomic mass is 9.99. The molecule has 0 fully saturated rings. The molecular weight excluding hydrogens is 164 g/mol. The lowest BCUT2D eigenvalue weighted by Crippen LogP contribution is -2.38. The van der Waals surface area contributed by atoms with Gasteiger partial charge in [-0.3, -0.25) is 9.59 Å². The van der Waals surface area contributed by atoms with Gasteiger partial charge < -0.3 is 15.9 Å². The van der Waals surface area contributed by atoms with Gasteiger partial charge >= 0.3 is 11.9 Å². The molecule has 0 heterocycles. The number of hydrogen-bond donors (Lipinski definition) is 3. The first-order valence-corrected chi connectivity index (χ1v) is 3.08. The van der Waals surface area contributed by atoms with E-state index < -0.39 is 30.3 Å². The van der Waals surface area contributed by atoms with Crippen molar-refractivity contribution in [1.29, 1.82) is 5.26 Å². The number of nitrogens with two attached hydrogens (primary N) is 1. The number of nitrogens with zero attached hydrogens (tertiary/aromatic N) is 1. The molecule has 0 amide bonds. The van der Waals surface area contributed by atoms with Crippen LogP contribution >= 0.6 is 0 Å². The molecule has 0 aliphatic rings. The van der Waals surface area contributed by atoms with Crippen LogP contribution in [-0.4, -0.2) is 28.2 Å². The monoisotopic (exact) mass is 172 g/mol. The Bertz CT molecular complexity index is 232. The molecule has 0 radical (unpaired) electrons. The van der Waals surface area contributed by atoms with Gasteiger partial charge in [0.15, 0.2) is 0 Å². The van der Waals surface area contributed by atoms with Gasteiger partial charge in [0.05, 0.1) is 18.4 Å². The maximum atomic E-state index is 10.2. The van der Waals surface area contributed by atoms with Gasteiger partial charge in [-0.05, 0) is 0 Å². The van der Waals surface area contributed by atoms with Crippen molar-refractivity contribution in [3.63, 3.8) is 0 Å². The van der Waals surface area contributed by atoms with Crippen molar-refractivity contribution in [3.8, 4) is 6.07 Å². The molecule has 0 aliphatic heterocycles. The molecule has 6 nitrogen and oxygen atoms in total. The first-order valence-electron chi connectivity index (χ1n) is 3.08. The summed E-state index contributed by atoms with van der Waals surface area (Å²) in [6, 6.07) is 0.0890. The molecule has 1 unspecified atom stereocenters. The number of nitriles is 1. The summed E-state index contributed by atoms with van der Waals surface area (Å²) in [5.41, 5.74) is 5.03. The summed E-state index contributed by atoms with van der Waals surface area (Å²) in [7, 11) is 0. The summed E-state index contributed by atoms with van der Waals surface area (Å²) < 4.78 is 0. The van der Waals surface area contributed by atoms with Gasteiger partial charge in [0.2, 0.25) is 0 Å². The van der Waals surface area contributed by atoms with E-state index in [1.54, 1.807) is 0 Å². The highest BCUT2D eigenvalue weighted by atomic mass is 16.4. The van der Waals surface area contributed by atoms with E-state index in [1.165, 1.54) is 6.07 Å². The second-order valence-electron chi connectivity index (χ2n) is 2.20. The van der Waals surface area contributed by atoms with E-state index in [9.17, 15) is 9.59 Å². The van der Waals surface area contributed by atoms with Crippen molar-refractivity contribution in [2.24, 2.45) is 11.7 Å². The summed E-state index contributed by atoms with van der Waals surface area (Å²) in [6.45, 7) is 0. The molecule has 2 atom stereocenters. The third-order valence-electron chi connectivity index (χ3n) is 1.28. The van der Waals surface area contributed by atoms with Crippen molar-refractivity contribution >= 4 is 11.9 Å². The van der Waals surface area contributed by atoms with Crippen LogP contribution in [-0.2, 0) is 9.59 Å². The van der Waals surface area contributed by atoms with E-state index in [0.717, 1.165) is 0 Å². The Morgan fingerprint density at radius 3 is 2.25 bits per heavy atom. The molecule has 6 heteroatoms. The van der Waals surface area contributed by atoms with Crippen LogP contribution in [0.2, 0.25) is 0 Å². The Morgan fingerprint density at radius 2 is 2.00 bits per heavy atom. The van der Waals surface area contributed by atoms with Crippen LogP contribution in [0.3, 0.4) is 0 Å². The van der Waals surface area contributed by atoms with Crippen LogP contribution in [0.15, 0.2) is 0 Å². The van der Waals surface area contributed by atoms with Crippen LogP contribution in [0.25, 0.3) is 0 Å². The maximum Gasteiger partial charge on any atom is 0.321 e. The first kappa shape index (κ1) is 10.4. The molecule has 0 aromatic rings. The van der Waals surface area contributed by atoms with Crippen molar-refractivity contribution in [3.05, 3.63) is 0 Å². The van der Waals surface area contributed by atoms with Crippen molar-refractivity contribution in [1.82, 2.24) is 0 Å². The van der Waals surface area contributed by atoms with Crippen LogP contribution in [0.4, 0.5) is 0 Å². The SMILES string of the molecule is N#CC(CC(=O)O)[C@H](N)C(=O)O. The Hall–Kier alpha value is -1.61. The fourth-order valence-electron chi connectivity index (χ4n) is 0.613. The van der Waals surface area contributed by atoms with Gasteiger partial charge in [-0.1, -0.05) is 0 Å². The number of carboxylic acid groups (broad SMARTS) is 2. The number of carboxylic acids is 2. The van der Waals surface area contributed by atoms with E-state index in [4.69, 9.17) is 21.2 Å². The summed E-state index contributed by atoms with van der Waals surface area (Å²) >= 11 is 0. The third kappa shape index (κ3) is 2.98. The summed E-state index contributed by atoms with van der Waals surface area (Å²) in [4.78, 5) is 20.3. The Balaban J connectivity index is 4.27. The number of rotatable bonds is 4. The number of aliphatic carboxylic acids is 2. The molecule has 0 aromatic carbocycles. The fraction of sp³-hybridized carbons (Fsp3) is 0.500. The van der Waals surface area contributed by atoms with Gasteiger partial charge in [-0.15, -0.1) is 0 Å². The Morgan fingerprint density at radius 1 is 1.50 bits per heavy atom. The molecule has 66 valence electrons. The summed E-state index contributed by atoms with van der Waals surface area (Å²) in [5, 5.41) is 24.9. The maximum absolute atomic E-state index is 10.2. The van der Waals surface area contributed by atoms with E-state index in [2.05, 4.69) is 0 Å². The molecule has 4 N–H and O–H groups in total. The van der Waals surface area contributed by atoms with Crippen LogP contribution in [0.5, 0.6) is 0 Å². The zero-order chi connectivity index (χ0) is 9.72. The minimum atomic E-state index is -1.44. The third-order valence-corrected chi connectivity index (χ3v) is 1.28. The highest BCUT2D eigenvalue weighted by Crippen LogP contribution is 2.05. The van der Waals surface area contributed by atoms with E-state index >= 15 is 0 Å². The predicted octanol–water partition coefficient (Wildman–Crippen LogP) is -0.987. The van der Waals surface area contributed by atoms with Crippen molar-refractivity contribution in [2.45, 2.75) is 12.5 Å². The average molecular weight is 172 g/mol. The number of carbonyl (C=O) groups is 2. The summed E-state index contributed by atoms with van der Waals surface area (Å²) in [6.07, 6.45) is -0.552. The van der Waals surface area contributed by atoms with Gasteiger partial charge in [-0.2, -0.15) is 5.26 Å². The smallest absolute Gasteiger partial charge is 0.321 e. The average Bonchev–Trinajstić information content (AvgIpc) is 1.98. The van der Waals surface area contributed by atoms with Crippen molar-refractivity contribution in [2.75, 3.05) is 0 Å². The molecular formula is C6H8N2O4. The van der Waals surface area contributed by atoms with Gasteiger partial charge in [0.25, 0.3) is 0 Å². The quantitative estimate of drug-likeness (QED) is 0.500. The van der Waals surface area contributed by atoms with Gasteiger partial charge in [0.1, 0.15) is 6.04 Å². The topological polar surface area (TPSA) is 124 Å². The Labute approximate surface area is 68.2 Å². The minimum Gasteiger partial charge on any atom is -0.481 e. The second-order valence-corrected chi connectivity index (χ2v) is 2.20. The minimum absolute atomic E-state index is 0.552. The van der Waals surface area contributed by atoms with Crippen LogP contribution in [0, 0.1) is 17.2 Å². The highest BCUT2D eigenvalue weighted by molar-refractivity contribution is 5.76.